The average Bonchev–Trinajstić information content (AvgIpc) is 3.72. The molecule has 2 aromatic carbocycles. The first-order valence-electron chi connectivity index (χ1n) is 21.6. The summed E-state index contributed by atoms with van der Waals surface area (Å²) in [5.41, 5.74) is 3.69. The Hall–Kier alpha value is -5.57. The highest BCUT2D eigenvalue weighted by molar-refractivity contribution is 6.62. The zero-order valence-electron chi connectivity index (χ0n) is 38.5. The number of amides is 1. The Kier molecular flexibility index (Phi) is 20.9. The van der Waals surface area contributed by atoms with E-state index >= 15 is 0 Å². The highest BCUT2D eigenvalue weighted by Gasteiger charge is 2.39. The van der Waals surface area contributed by atoms with Gasteiger partial charge in [0.05, 0.1) is 44.9 Å². The van der Waals surface area contributed by atoms with Gasteiger partial charge in [-0.15, -0.1) is 0 Å². The summed E-state index contributed by atoms with van der Waals surface area (Å²) in [6.45, 7) is 16.2. The number of aliphatic hydroxyl groups is 1. The summed E-state index contributed by atoms with van der Waals surface area (Å²) < 4.78 is 43.3. The van der Waals surface area contributed by atoms with E-state index in [4.69, 9.17) is 54.4 Å². The van der Waals surface area contributed by atoms with Gasteiger partial charge in [-0.2, -0.15) is 9.97 Å². The molecule has 0 bridgehead atoms. The number of carbonyl (C=O) groups is 3. The number of carbonyl (C=O) groups excluding carboxylic acids is 3. The van der Waals surface area contributed by atoms with Crippen molar-refractivity contribution in [1.29, 1.82) is 0 Å². The Bertz CT molecular complexity index is 2230. The Labute approximate surface area is 390 Å². The van der Waals surface area contributed by atoms with Crippen molar-refractivity contribution in [2.75, 3.05) is 33.0 Å². The van der Waals surface area contributed by atoms with E-state index in [9.17, 15) is 24.4 Å². The van der Waals surface area contributed by atoms with E-state index in [-0.39, 0.29) is 55.1 Å². The van der Waals surface area contributed by atoms with E-state index in [1.165, 1.54) is 12.4 Å². The number of hydrogen-bond donors (Lipinski definition) is 4. The molecular formula is C44H58B2ClN5O14. The topological polar surface area (TPSA) is 249 Å². The molecule has 4 aromatic rings. The molecule has 0 radical (unpaired) electrons. The van der Waals surface area contributed by atoms with Crippen LogP contribution >= 0.6 is 11.6 Å². The Morgan fingerprint density at radius 2 is 1.30 bits per heavy atom. The minimum atomic E-state index is -1.18. The Morgan fingerprint density at radius 3 is 1.76 bits per heavy atom. The third kappa shape index (κ3) is 16.7. The molecule has 0 fully saturated rings. The maximum Gasteiger partial charge on any atom is 0.492 e. The minimum Gasteiger partial charge on any atom is -0.466 e. The predicted molar refractivity (Wildman–Crippen MR) is 243 cm³/mol. The number of aromatic nitrogens is 4. The smallest absolute Gasteiger partial charge is 0.466 e. The molecule has 66 heavy (non-hydrogen) atoms. The molecule has 1 amide bonds. The van der Waals surface area contributed by atoms with E-state index in [0.29, 0.717) is 48.6 Å². The molecule has 2 aliphatic heterocycles. The molecule has 2 atom stereocenters. The number of unbranched alkanes of at least 4 members (excludes halogenated alkanes) is 1. The molecule has 2 unspecified atom stereocenters. The number of halogens is 1. The summed E-state index contributed by atoms with van der Waals surface area (Å²) in [5.74, 6) is 0.695. The van der Waals surface area contributed by atoms with Gasteiger partial charge >= 0.3 is 38.3 Å². The van der Waals surface area contributed by atoms with Crippen LogP contribution in [0.1, 0.15) is 108 Å². The van der Waals surface area contributed by atoms with Crippen molar-refractivity contribution in [3.63, 3.8) is 0 Å². The molecule has 356 valence electrons. The van der Waals surface area contributed by atoms with Crippen LogP contribution in [-0.4, -0.2) is 106 Å². The molecule has 4 heterocycles. The first kappa shape index (κ1) is 53.0. The second-order valence-corrected chi connectivity index (χ2v) is 16.0. The molecule has 22 heteroatoms. The number of ether oxygens (including phenoxy) is 6. The highest BCUT2D eigenvalue weighted by Crippen LogP contribution is 2.35. The first-order chi connectivity index (χ1) is 31.4. The quantitative estimate of drug-likeness (QED) is 0.0344. The first-order valence-corrected chi connectivity index (χ1v) is 22.0. The van der Waals surface area contributed by atoms with Crippen LogP contribution < -0.4 is 30.5 Å². The minimum absolute atomic E-state index is 0.0127. The molecule has 0 saturated heterocycles. The van der Waals surface area contributed by atoms with Gasteiger partial charge in [-0.1, -0.05) is 13.3 Å². The van der Waals surface area contributed by atoms with Crippen molar-refractivity contribution < 1.29 is 67.3 Å². The highest BCUT2D eigenvalue weighted by atomic mass is 35.5. The van der Waals surface area contributed by atoms with E-state index in [1.807, 2.05) is 13.8 Å². The lowest BCUT2D eigenvalue weighted by Crippen LogP contribution is -2.33. The maximum absolute atomic E-state index is 11.9. The van der Waals surface area contributed by atoms with Gasteiger partial charge in [0.25, 0.3) is 0 Å². The standard InChI is InChI=1S/C24H32BN3O8.C16H16BClN2O5.C4H10O/c1-6-32-20(29)14-18-21-15(2)12-16(13-17(21)25(31)36-18)34-19-8-10-26-22(28-19)33-11-7-9-27-23(30)35-24(3,4)5;1-3-23-14(21)8-12-15-9(2)6-10(7-11(15)17(22)25-12)24-13-4-5-19-16(18)20-13;1-2-3-4-5/h8,10,12-13,18,31H,6-7,9,11,14H2,1-5H3,(H,27,30);4-7,12,22H,3,8H2,1-2H3;5H,2-4H2,1H3. The summed E-state index contributed by atoms with van der Waals surface area (Å²) in [6.07, 6.45) is 3.99. The zero-order chi connectivity index (χ0) is 48.4. The molecule has 6 rings (SSSR count). The number of benzene rings is 2. The second-order valence-electron chi connectivity index (χ2n) is 15.7. The molecular weight excluding hydrogens is 880 g/mol. The van der Waals surface area contributed by atoms with Crippen LogP contribution in [0.25, 0.3) is 0 Å². The van der Waals surface area contributed by atoms with E-state index in [2.05, 4.69) is 32.2 Å². The maximum atomic E-state index is 11.9. The van der Waals surface area contributed by atoms with E-state index in [1.54, 1.807) is 71.0 Å². The fourth-order valence-corrected chi connectivity index (χ4v) is 6.73. The zero-order valence-corrected chi connectivity index (χ0v) is 39.3. The lowest BCUT2D eigenvalue weighted by molar-refractivity contribution is -0.146. The molecule has 4 N–H and O–H groups in total. The van der Waals surface area contributed by atoms with E-state index in [0.717, 1.165) is 35.1 Å². The summed E-state index contributed by atoms with van der Waals surface area (Å²) in [7, 11) is -2.31. The van der Waals surface area contributed by atoms with Crippen LogP contribution in [0.3, 0.4) is 0 Å². The Morgan fingerprint density at radius 1 is 0.788 bits per heavy atom. The average molecular weight is 938 g/mol. The number of aryl methyl sites for hydroxylation is 2. The van der Waals surface area contributed by atoms with Gasteiger partial charge in [0.15, 0.2) is 0 Å². The summed E-state index contributed by atoms with van der Waals surface area (Å²) >= 11 is 5.75. The molecule has 0 aliphatic carbocycles. The lowest BCUT2D eigenvalue weighted by atomic mass is 9.77. The largest absolute Gasteiger partial charge is 0.492 e. The van der Waals surface area contributed by atoms with Gasteiger partial charge in [0.1, 0.15) is 17.1 Å². The second kappa shape index (κ2) is 25.9. The molecule has 0 saturated carbocycles. The molecule has 0 spiro atoms. The number of hydrogen-bond acceptors (Lipinski definition) is 18. The third-order valence-electron chi connectivity index (χ3n) is 9.25. The number of nitrogens with one attached hydrogen (secondary N) is 1. The fraction of sp³-hybridized carbons (Fsp3) is 0.477. The number of nitrogens with zero attached hydrogens (tertiary/aromatic N) is 4. The van der Waals surface area contributed by atoms with Crippen LogP contribution in [0.5, 0.6) is 29.3 Å². The van der Waals surface area contributed by atoms with E-state index < -0.39 is 44.1 Å². The lowest BCUT2D eigenvalue weighted by Gasteiger charge is -2.19. The van der Waals surface area contributed by atoms with Gasteiger partial charge < -0.3 is 58.2 Å². The number of aliphatic hydroxyl groups excluding tert-OH is 1. The van der Waals surface area contributed by atoms with Crippen LogP contribution in [0.2, 0.25) is 5.28 Å². The summed E-state index contributed by atoms with van der Waals surface area (Å²) in [6, 6.07) is 10.2. The van der Waals surface area contributed by atoms with Gasteiger partial charge in [0, 0.05) is 37.7 Å². The van der Waals surface area contributed by atoms with Crippen LogP contribution in [-0.2, 0) is 33.1 Å². The number of alkyl carbamates (subject to hydrolysis) is 1. The fourth-order valence-electron chi connectivity index (χ4n) is 6.59. The van der Waals surface area contributed by atoms with Crippen molar-refractivity contribution in [2.24, 2.45) is 0 Å². The third-order valence-corrected chi connectivity index (χ3v) is 9.43. The number of rotatable bonds is 17. The SMILES string of the molecule is CCCCO.CCOC(=O)CC1OB(O)c2cc(Oc3ccnc(Cl)n3)cc(C)c21.CCOC(=O)CC1OB(O)c2cc(Oc3ccnc(OCCCNC(=O)OC(C)(C)C)n3)cc(C)c21. The van der Waals surface area contributed by atoms with Gasteiger partial charge in [-0.3, -0.25) is 9.59 Å². The van der Waals surface area contributed by atoms with Crippen molar-refractivity contribution in [1.82, 2.24) is 25.3 Å². The van der Waals surface area contributed by atoms with Crippen molar-refractivity contribution in [3.8, 4) is 29.3 Å². The van der Waals surface area contributed by atoms with Gasteiger partial charge in [0.2, 0.25) is 17.0 Å². The van der Waals surface area contributed by atoms with Crippen molar-refractivity contribution >= 4 is 54.8 Å². The van der Waals surface area contributed by atoms with Gasteiger partial charge in [-0.25, -0.2) is 14.8 Å². The van der Waals surface area contributed by atoms with Crippen molar-refractivity contribution in [3.05, 3.63) is 76.3 Å². The normalized spacial score (nSPS) is 14.7. The van der Waals surface area contributed by atoms with Crippen LogP contribution in [0, 0.1) is 13.8 Å². The predicted octanol–water partition coefficient (Wildman–Crippen LogP) is 5.30. The monoisotopic (exact) mass is 937 g/mol. The summed E-state index contributed by atoms with van der Waals surface area (Å²) in [4.78, 5) is 51.4. The molecule has 2 aromatic heterocycles. The van der Waals surface area contributed by atoms with Crippen molar-refractivity contribution in [2.45, 2.75) is 105 Å². The number of fused-ring (bicyclic) bond motifs is 2. The summed E-state index contributed by atoms with van der Waals surface area (Å²) in [5, 5.41) is 31.4. The van der Waals surface area contributed by atoms with Gasteiger partial charge in [-0.05, 0) is 130 Å². The number of esters is 2. The molecule has 19 nitrogen and oxygen atoms in total. The van der Waals surface area contributed by atoms with Crippen LogP contribution in [0.4, 0.5) is 4.79 Å². The molecule has 2 aliphatic rings. The Balaban J connectivity index is 0.000000275. The van der Waals surface area contributed by atoms with Crippen LogP contribution in [0.15, 0.2) is 48.8 Å².